The Morgan fingerprint density at radius 3 is 1.56 bits per heavy atom. The van der Waals surface area contributed by atoms with Crippen LogP contribution in [0.2, 0.25) is 0 Å². The van der Waals surface area contributed by atoms with Gasteiger partial charge in [0, 0.05) is 35.3 Å². The van der Waals surface area contributed by atoms with Crippen LogP contribution in [-0.2, 0) is 34.8 Å². The van der Waals surface area contributed by atoms with Crippen molar-refractivity contribution in [2.45, 2.75) is 25.7 Å². The fourth-order valence-corrected chi connectivity index (χ4v) is 12.0. The van der Waals surface area contributed by atoms with Crippen molar-refractivity contribution < 1.29 is 9.13 Å². The van der Waals surface area contributed by atoms with Gasteiger partial charge in [0.2, 0.25) is 0 Å². The summed E-state index contributed by atoms with van der Waals surface area (Å²) in [5.74, 6) is 0. The highest BCUT2D eigenvalue weighted by molar-refractivity contribution is 7.78. The third kappa shape index (κ3) is 3.99. The third-order valence-corrected chi connectivity index (χ3v) is 14.7. The predicted octanol–water partition coefficient (Wildman–Crippen LogP) is 7.27. The van der Waals surface area contributed by atoms with Crippen molar-refractivity contribution in [2.24, 2.45) is 0 Å². The molecule has 6 heteroatoms. The van der Waals surface area contributed by atoms with E-state index in [0.29, 0.717) is 0 Å². The lowest BCUT2D eigenvalue weighted by Gasteiger charge is -2.33. The Morgan fingerprint density at radius 1 is 0.533 bits per heavy atom. The minimum atomic E-state index is -3.17. The van der Waals surface area contributed by atoms with E-state index >= 15 is 9.13 Å². The molecule has 2 unspecified atom stereocenters. The molecule has 0 fully saturated rings. The van der Waals surface area contributed by atoms with Crippen LogP contribution in [0.3, 0.4) is 0 Å². The van der Waals surface area contributed by atoms with Crippen LogP contribution in [0.25, 0.3) is 24.3 Å². The van der Waals surface area contributed by atoms with Crippen molar-refractivity contribution in [2.75, 3.05) is 30.6 Å². The molecule has 4 aliphatic carbocycles. The molecule has 0 radical (unpaired) electrons. The van der Waals surface area contributed by atoms with Crippen molar-refractivity contribution >= 4 is 83.2 Å². The molecule has 2 atom stereocenters. The van der Waals surface area contributed by atoms with Crippen molar-refractivity contribution in [3.05, 3.63) is 117 Å². The normalized spacial score (nSPS) is 21.4. The van der Waals surface area contributed by atoms with Gasteiger partial charge in [-0.25, -0.2) is 0 Å². The Labute approximate surface area is 265 Å². The maximum Gasteiger partial charge on any atom is 0.144 e. The van der Waals surface area contributed by atoms with Gasteiger partial charge in [-0.15, -0.1) is 0 Å². The van der Waals surface area contributed by atoms with Gasteiger partial charge in [0.25, 0.3) is 0 Å². The standard InChI is InChI=1S/C39H34N2O2P2/c1-40-32-16-24-8-4-12-28(24)20-36(32)44(42)37-21-29-13-5-9-25(29)17-33(37)41(2)35-19-27-11-7-15-31(27)23-39(35)45(3,43)38-22-30-14-6-10-26(30)18-34(38)40/h4-8,11,13-14,16-23,44H,9-10,12,15H2,1-3H3. The molecule has 0 spiro atoms. The molecule has 0 N–H and O–H groups in total. The average Bonchev–Trinajstić information content (AvgIpc) is 3.86. The molecule has 0 saturated carbocycles. The SMILES string of the molecule is CN1c2cc3c(cc2[PH](=O)c2cc4c(cc2N(C)c2cc5c(cc2P(C)(=O)c2cc6c(cc21)CC=C6)CC=C5)CC=C4)CC=C3. The van der Waals surface area contributed by atoms with Gasteiger partial charge in [-0.05, 0) is 125 Å². The molecule has 0 saturated heterocycles. The Hall–Kier alpha value is -4.10. The van der Waals surface area contributed by atoms with Crippen molar-refractivity contribution in [3.63, 3.8) is 0 Å². The topological polar surface area (TPSA) is 40.6 Å². The zero-order chi connectivity index (χ0) is 30.6. The summed E-state index contributed by atoms with van der Waals surface area (Å²) in [5, 5.41) is 3.40. The first-order valence-corrected chi connectivity index (χ1v) is 19.3. The number of nitrogens with zero attached hydrogens (tertiary/aromatic N) is 2. The summed E-state index contributed by atoms with van der Waals surface area (Å²) in [5.41, 5.74) is 13.1. The molecule has 4 aromatic carbocycles. The number of anilines is 4. The van der Waals surface area contributed by atoms with Gasteiger partial charge in [0.15, 0.2) is 0 Å². The van der Waals surface area contributed by atoms with E-state index < -0.39 is 14.9 Å². The Morgan fingerprint density at radius 2 is 0.933 bits per heavy atom. The lowest BCUT2D eigenvalue weighted by Crippen LogP contribution is -2.31. The molecule has 0 bridgehead atoms. The number of benzene rings is 4. The van der Waals surface area contributed by atoms with E-state index in [4.69, 9.17) is 0 Å². The third-order valence-electron chi connectivity index (χ3n) is 10.4. The van der Waals surface area contributed by atoms with Gasteiger partial charge in [-0.2, -0.15) is 0 Å². The molecule has 4 nitrogen and oxygen atoms in total. The zero-order valence-electron chi connectivity index (χ0n) is 25.7. The Kier molecular flexibility index (Phi) is 5.87. The summed E-state index contributed by atoms with van der Waals surface area (Å²) in [4.78, 5) is 4.34. The predicted molar refractivity (Wildman–Crippen MR) is 194 cm³/mol. The first kappa shape index (κ1) is 27.2. The maximum absolute atomic E-state index is 15.7. The average molecular weight is 625 g/mol. The van der Waals surface area contributed by atoms with Crippen LogP contribution in [0.4, 0.5) is 22.7 Å². The minimum absolute atomic E-state index is 0.835. The van der Waals surface area contributed by atoms with E-state index in [9.17, 15) is 0 Å². The minimum Gasteiger partial charge on any atom is -0.343 e. The molecule has 5 aliphatic rings. The van der Waals surface area contributed by atoms with Crippen molar-refractivity contribution in [1.82, 2.24) is 0 Å². The Bertz CT molecular complexity index is 2220. The first-order chi connectivity index (χ1) is 21.8. The fraction of sp³-hybridized carbons (Fsp3) is 0.179. The second kappa shape index (κ2) is 9.70. The molecule has 0 aromatic heterocycles. The van der Waals surface area contributed by atoms with Gasteiger partial charge >= 0.3 is 0 Å². The fourth-order valence-electron chi connectivity index (χ4n) is 7.82. The number of hydrogen-bond donors (Lipinski definition) is 0. The van der Waals surface area contributed by atoms with Crippen LogP contribution in [-0.4, -0.2) is 20.8 Å². The summed E-state index contributed by atoms with van der Waals surface area (Å²) in [6.45, 7) is 1.95. The van der Waals surface area contributed by atoms with E-state index in [0.717, 1.165) is 91.9 Å². The molecular weight excluding hydrogens is 590 g/mol. The Balaban J connectivity index is 1.41. The highest BCUT2D eigenvalue weighted by Gasteiger charge is 2.35. The van der Waals surface area contributed by atoms with Crippen molar-refractivity contribution in [3.8, 4) is 0 Å². The summed E-state index contributed by atoms with van der Waals surface area (Å²) in [7, 11) is -1.53. The monoisotopic (exact) mass is 624 g/mol. The summed E-state index contributed by atoms with van der Waals surface area (Å²) >= 11 is 0. The molecule has 0 amide bonds. The number of fused-ring (bicyclic) bond motifs is 8. The largest absolute Gasteiger partial charge is 0.343 e. The number of allylic oxidation sites excluding steroid dienone is 4. The second-order valence-corrected chi connectivity index (χ2v) is 17.6. The first-order valence-electron chi connectivity index (χ1n) is 15.7. The molecule has 1 aliphatic heterocycles. The lowest BCUT2D eigenvalue weighted by molar-refractivity contribution is 0.590. The maximum atomic E-state index is 15.7. The molecule has 222 valence electrons. The highest BCUT2D eigenvalue weighted by atomic mass is 31.2. The van der Waals surface area contributed by atoms with Crippen LogP contribution in [0.5, 0.6) is 0 Å². The van der Waals surface area contributed by atoms with Crippen molar-refractivity contribution in [1.29, 1.82) is 0 Å². The smallest absolute Gasteiger partial charge is 0.144 e. The van der Waals surface area contributed by atoms with E-state index in [1.807, 2.05) is 6.66 Å². The number of rotatable bonds is 0. The summed E-state index contributed by atoms with van der Waals surface area (Å²) in [6, 6.07) is 17.5. The van der Waals surface area contributed by atoms with E-state index in [1.165, 1.54) is 22.3 Å². The van der Waals surface area contributed by atoms with Crippen LogP contribution in [0.1, 0.15) is 44.5 Å². The van der Waals surface area contributed by atoms with Gasteiger partial charge in [-0.1, -0.05) is 48.6 Å². The molecule has 1 heterocycles. The molecular formula is C39H34N2O2P2. The van der Waals surface area contributed by atoms with E-state index in [2.05, 4.69) is 121 Å². The van der Waals surface area contributed by atoms with E-state index in [-0.39, 0.29) is 0 Å². The van der Waals surface area contributed by atoms with Gasteiger partial charge in [-0.3, -0.25) is 0 Å². The lowest BCUT2D eigenvalue weighted by atomic mass is 10.1. The van der Waals surface area contributed by atoms with Gasteiger partial charge < -0.3 is 18.9 Å². The van der Waals surface area contributed by atoms with Gasteiger partial charge in [0.05, 0.1) is 22.7 Å². The highest BCUT2D eigenvalue weighted by Crippen LogP contribution is 2.50. The van der Waals surface area contributed by atoms with Crippen LogP contribution >= 0.6 is 14.9 Å². The second-order valence-electron chi connectivity index (χ2n) is 13.0. The van der Waals surface area contributed by atoms with Crippen LogP contribution in [0.15, 0.2) is 72.8 Å². The van der Waals surface area contributed by atoms with Crippen LogP contribution < -0.4 is 31.0 Å². The van der Waals surface area contributed by atoms with Gasteiger partial charge in [0.1, 0.15) is 14.9 Å². The molecule has 4 aromatic rings. The van der Waals surface area contributed by atoms with E-state index in [1.54, 1.807) is 0 Å². The molecule has 45 heavy (non-hydrogen) atoms. The summed E-state index contributed by atoms with van der Waals surface area (Å²) in [6.07, 6.45) is 20.7. The number of hydrogen-bond acceptors (Lipinski definition) is 4. The zero-order valence-corrected chi connectivity index (χ0v) is 27.6. The summed E-state index contributed by atoms with van der Waals surface area (Å²) < 4.78 is 30.9. The molecule has 9 rings (SSSR count). The van der Waals surface area contributed by atoms with Crippen LogP contribution in [0, 0.1) is 0 Å². The quantitative estimate of drug-likeness (QED) is 0.193.